The lowest BCUT2D eigenvalue weighted by Crippen LogP contribution is -2.06. The third-order valence-corrected chi connectivity index (χ3v) is 3.06. The number of hydrogen-bond acceptors (Lipinski definition) is 4. The molecule has 0 radical (unpaired) electrons. The highest BCUT2D eigenvalue weighted by Crippen LogP contribution is 2.25. The summed E-state index contributed by atoms with van der Waals surface area (Å²) in [6.45, 7) is 1.45. The van der Waals surface area contributed by atoms with E-state index in [1.54, 1.807) is 30.3 Å². The van der Waals surface area contributed by atoms with Gasteiger partial charge in [0.05, 0.1) is 0 Å². The summed E-state index contributed by atoms with van der Waals surface area (Å²) in [7, 11) is 0. The summed E-state index contributed by atoms with van der Waals surface area (Å²) in [5, 5.41) is 6.41. The van der Waals surface area contributed by atoms with Crippen LogP contribution in [0.25, 0.3) is 10.9 Å². The van der Waals surface area contributed by atoms with Crippen molar-refractivity contribution < 1.29 is 9.18 Å². The van der Waals surface area contributed by atoms with Crippen molar-refractivity contribution in [3.05, 3.63) is 54.6 Å². The Morgan fingerprint density at radius 2 is 1.86 bits per heavy atom. The van der Waals surface area contributed by atoms with E-state index in [0.717, 1.165) is 5.69 Å². The Bertz CT molecular complexity index is 850. The van der Waals surface area contributed by atoms with E-state index >= 15 is 0 Å². The summed E-state index contributed by atoms with van der Waals surface area (Å²) in [6, 6.07) is 11.9. The average Bonchev–Trinajstić information content (AvgIpc) is 2.48. The summed E-state index contributed by atoms with van der Waals surface area (Å²) in [5.74, 6) is -0.0360. The molecule has 0 aliphatic heterocycles. The number of carbonyl (C=O) groups excluding carboxylic acids is 1. The molecule has 0 saturated carbocycles. The van der Waals surface area contributed by atoms with Gasteiger partial charge in [0.25, 0.3) is 0 Å². The molecule has 0 unspecified atom stereocenters. The second kappa shape index (κ2) is 5.77. The van der Waals surface area contributed by atoms with Crippen LogP contribution in [0.1, 0.15) is 6.92 Å². The minimum atomic E-state index is -0.394. The summed E-state index contributed by atoms with van der Waals surface area (Å²) in [4.78, 5) is 19.2. The molecule has 1 amide bonds. The van der Waals surface area contributed by atoms with Crippen LogP contribution in [0.5, 0.6) is 0 Å². The van der Waals surface area contributed by atoms with Gasteiger partial charge in [-0.25, -0.2) is 14.4 Å². The van der Waals surface area contributed by atoms with Crippen molar-refractivity contribution in [3.8, 4) is 0 Å². The van der Waals surface area contributed by atoms with E-state index in [-0.39, 0.29) is 11.4 Å². The average molecular weight is 296 g/mol. The second-order valence-electron chi connectivity index (χ2n) is 4.75. The van der Waals surface area contributed by atoms with Crippen LogP contribution >= 0.6 is 0 Å². The third kappa shape index (κ3) is 2.85. The van der Waals surface area contributed by atoms with Crippen LogP contribution in [0.15, 0.2) is 48.8 Å². The van der Waals surface area contributed by atoms with Gasteiger partial charge in [0.1, 0.15) is 23.5 Å². The maximum absolute atomic E-state index is 13.7. The van der Waals surface area contributed by atoms with Crippen LogP contribution in [0, 0.1) is 5.82 Å². The highest BCUT2D eigenvalue weighted by atomic mass is 19.1. The van der Waals surface area contributed by atoms with Crippen molar-refractivity contribution in [2.24, 2.45) is 0 Å². The van der Waals surface area contributed by atoms with E-state index in [2.05, 4.69) is 20.6 Å². The van der Waals surface area contributed by atoms with Crippen LogP contribution in [-0.4, -0.2) is 15.9 Å². The normalized spacial score (nSPS) is 10.5. The molecule has 110 valence electrons. The van der Waals surface area contributed by atoms with E-state index in [0.29, 0.717) is 16.9 Å². The molecule has 0 fully saturated rings. The van der Waals surface area contributed by atoms with Crippen molar-refractivity contribution in [2.75, 3.05) is 10.6 Å². The van der Waals surface area contributed by atoms with Gasteiger partial charge >= 0.3 is 0 Å². The van der Waals surface area contributed by atoms with Crippen molar-refractivity contribution in [2.45, 2.75) is 6.92 Å². The molecule has 0 bridgehead atoms. The Kier molecular flexibility index (Phi) is 3.65. The van der Waals surface area contributed by atoms with Gasteiger partial charge in [-0.1, -0.05) is 12.1 Å². The van der Waals surface area contributed by atoms with Gasteiger partial charge in [0.2, 0.25) is 5.91 Å². The number of para-hydroxylation sites is 1. The van der Waals surface area contributed by atoms with Gasteiger partial charge in [-0.2, -0.15) is 0 Å². The smallest absolute Gasteiger partial charge is 0.221 e. The molecule has 1 aromatic heterocycles. The number of aromatic nitrogens is 2. The first kappa shape index (κ1) is 13.9. The van der Waals surface area contributed by atoms with Crippen molar-refractivity contribution in [3.63, 3.8) is 0 Å². The monoisotopic (exact) mass is 296 g/mol. The highest BCUT2D eigenvalue weighted by Gasteiger charge is 2.07. The lowest BCUT2D eigenvalue weighted by atomic mass is 10.2. The van der Waals surface area contributed by atoms with Gasteiger partial charge < -0.3 is 10.6 Å². The largest absolute Gasteiger partial charge is 0.340 e. The van der Waals surface area contributed by atoms with Gasteiger partial charge in [0, 0.05) is 23.7 Å². The fraction of sp³-hybridized carbons (Fsp3) is 0.0625. The van der Waals surface area contributed by atoms with E-state index in [4.69, 9.17) is 0 Å². The first-order valence-corrected chi connectivity index (χ1v) is 6.67. The molecule has 1 heterocycles. The zero-order chi connectivity index (χ0) is 15.5. The number of hydrogen-bond donors (Lipinski definition) is 2. The van der Waals surface area contributed by atoms with Crippen LogP contribution in [0.2, 0.25) is 0 Å². The lowest BCUT2D eigenvalue weighted by molar-refractivity contribution is -0.114. The van der Waals surface area contributed by atoms with Gasteiger partial charge in [-0.05, 0) is 30.3 Å². The summed E-state index contributed by atoms with van der Waals surface area (Å²) in [5.41, 5.74) is 1.66. The summed E-state index contributed by atoms with van der Waals surface area (Å²) < 4.78 is 13.7. The van der Waals surface area contributed by atoms with Crippen LogP contribution in [-0.2, 0) is 4.79 Å². The Hall–Kier alpha value is -3.02. The van der Waals surface area contributed by atoms with Crippen molar-refractivity contribution >= 4 is 34.0 Å². The van der Waals surface area contributed by atoms with Crippen LogP contribution < -0.4 is 10.6 Å². The minimum Gasteiger partial charge on any atom is -0.340 e. The topological polar surface area (TPSA) is 66.9 Å². The molecule has 3 rings (SSSR count). The molecule has 2 N–H and O–H groups in total. The quantitative estimate of drug-likeness (QED) is 0.776. The molecule has 0 spiro atoms. The molecule has 0 atom stereocenters. The second-order valence-corrected chi connectivity index (χ2v) is 4.75. The zero-order valence-corrected chi connectivity index (χ0v) is 11.8. The Labute approximate surface area is 126 Å². The van der Waals surface area contributed by atoms with Gasteiger partial charge in [-0.15, -0.1) is 0 Å². The Morgan fingerprint density at radius 1 is 1.09 bits per heavy atom. The number of fused-ring (bicyclic) bond motifs is 1. The number of anilines is 3. The van der Waals surface area contributed by atoms with Gasteiger partial charge in [-0.3, -0.25) is 4.79 Å². The molecule has 2 aromatic carbocycles. The standard InChI is InChI=1S/C16H13FN4O/c1-10(22)20-11-4-2-5-12(8-11)21-16-13-6-3-7-14(17)15(13)18-9-19-16/h2-9H,1H3,(H,20,22)(H,18,19,21). The number of nitrogens with zero attached hydrogens (tertiary/aromatic N) is 2. The summed E-state index contributed by atoms with van der Waals surface area (Å²) in [6.07, 6.45) is 1.31. The first-order valence-electron chi connectivity index (χ1n) is 6.67. The molecule has 22 heavy (non-hydrogen) atoms. The van der Waals surface area contributed by atoms with E-state index in [1.807, 2.05) is 6.07 Å². The summed E-state index contributed by atoms with van der Waals surface area (Å²) >= 11 is 0. The van der Waals surface area contributed by atoms with E-state index < -0.39 is 5.82 Å². The number of rotatable bonds is 3. The molecule has 5 nitrogen and oxygen atoms in total. The minimum absolute atomic E-state index is 0.147. The molecular formula is C16H13FN4O. The molecule has 6 heteroatoms. The van der Waals surface area contributed by atoms with Crippen molar-refractivity contribution in [1.82, 2.24) is 9.97 Å². The number of benzene rings is 2. The maximum Gasteiger partial charge on any atom is 0.221 e. The highest BCUT2D eigenvalue weighted by molar-refractivity contribution is 5.92. The van der Waals surface area contributed by atoms with E-state index in [9.17, 15) is 9.18 Å². The predicted molar refractivity (Wildman–Crippen MR) is 83.5 cm³/mol. The first-order chi connectivity index (χ1) is 10.6. The SMILES string of the molecule is CC(=O)Nc1cccc(Nc2ncnc3c(F)cccc23)c1. The Morgan fingerprint density at radius 3 is 2.68 bits per heavy atom. The lowest BCUT2D eigenvalue weighted by Gasteiger charge is -2.10. The van der Waals surface area contributed by atoms with Crippen LogP contribution in [0.3, 0.4) is 0 Å². The molecule has 0 aliphatic rings. The van der Waals surface area contributed by atoms with Crippen molar-refractivity contribution in [1.29, 1.82) is 0 Å². The maximum atomic E-state index is 13.7. The fourth-order valence-corrected chi connectivity index (χ4v) is 2.17. The number of nitrogens with one attached hydrogen (secondary N) is 2. The predicted octanol–water partition coefficient (Wildman–Crippen LogP) is 3.47. The van der Waals surface area contributed by atoms with Gasteiger partial charge in [0.15, 0.2) is 0 Å². The number of halogens is 1. The molecular weight excluding hydrogens is 283 g/mol. The Balaban J connectivity index is 1.97. The fourth-order valence-electron chi connectivity index (χ4n) is 2.17. The molecule has 0 saturated heterocycles. The molecule has 3 aromatic rings. The number of amides is 1. The van der Waals surface area contributed by atoms with E-state index in [1.165, 1.54) is 19.3 Å². The third-order valence-electron chi connectivity index (χ3n) is 3.06. The zero-order valence-electron chi connectivity index (χ0n) is 11.8. The molecule has 0 aliphatic carbocycles. The van der Waals surface area contributed by atoms with Crippen LogP contribution in [0.4, 0.5) is 21.6 Å². The number of carbonyl (C=O) groups is 1.